The summed E-state index contributed by atoms with van der Waals surface area (Å²) in [5, 5.41) is 7.57. The van der Waals surface area contributed by atoms with E-state index < -0.39 is 0 Å². The second-order valence-corrected chi connectivity index (χ2v) is 7.34. The third kappa shape index (κ3) is 3.99. The van der Waals surface area contributed by atoms with E-state index in [9.17, 15) is 9.18 Å². The summed E-state index contributed by atoms with van der Waals surface area (Å²) < 4.78 is 29.4. The third-order valence-corrected chi connectivity index (χ3v) is 5.19. The van der Waals surface area contributed by atoms with Crippen LogP contribution in [0.2, 0.25) is 0 Å². The third-order valence-electron chi connectivity index (χ3n) is 5.19. The lowest BCUT2D eigenvalue weighted by Gasteiger charge is -2.17. The number of nitrogens with zero attached hydrogens (tertiary/aromatic N) is 2. The lowest BCUT2D eigenvalue weighted by Crippen LogP contribution is -2.27. The lowest BCUT2D eigenvalue weighted by atomic mass is 10.0. The van der Waals surface area contributed by atoms with Crippen molar-refractivity contribution in [1.29, 1.82) is 0 Å². The number of benzene rings is 2. The second-order valence-electron chi connectivity index (χ2n) is 7.34. The summed E-state index contributed by atoms with van der Waals surface area (Å²) in [6.07, 6.45) is 0. The molecule has 0 saturated heterocycles. The number of hydrogen-bond acceptors (Lipinski definition) is 6. The second kappa shape index (κ2) is 8.66. The Morgan fingerprint density at radius 2 is 1.78 bits per heavy atom. The number of ether oxygens (including phenoxy) is 2. The van der Waals surface area contributed by atoms with E-state index in [0.717, 1.165) is 5.56 Å². The quantitative estimate of drug-likeness (QED) is 0.466. The molecule has 0 bridgehead atoms. The Bertz CT molecular complexity index is 1280. The highest BCUT2D eigenvalue weighted by Crippen LogP contribution is 2.32. The van der Waals surface area contributed by atoms with Crippen LogP contribution in [0.3, 0.4) is 0 Å². The molecule has 7 nitrogen and oxygen atoms in total. The fraction of sp³-hybridized carbons (Fsp3) is 0.208. The summed E-state index contributed by atoms with van der Waals surface area (Å²) in [5.41, 5.74) is 3.13. The molecule has 1 unspecified atom stereocenters. The molecule has 2 aromatic carbocycles. The van der Waals surface area contributed by atoms with Crippen LogP contribution in [-0.2, 0) is 0 Å². The van der Waals surface area contributed by atoms with Gasteiger partial charge in [0.1, 0.15) is 11.5 Å². The highest BCUT2D eigenvalue weighted by Gasteiger charge is 2.22. The minimum absolute atomic E-state index is 0.244. The maximum Gasteiger partial charge on any atom is 0.259 e. The van der Waals surface area contributed by atoms with Gasteiger partial charge in [-0.3, -0.25) is 4.79 Å². The molecule has 1 amide bonds. The molecule has 0 fully saturated rings. The van der Waals surface area contributed by atoms with Crippen LogP contribution in [0.25, 0.3) is 22.4 Å². The highest BCUT2D eigenvalue weighted by atomic mass is 19.1. The maximum absolute atomic E-state index is 13.4. The van der Waals surface area contributed by atoms with Crippen molar-refractivity contribution < 1.29 is 23.2 Å². The zero-order chi connectivity index (χ0) is 22.8. The van der Waals surface area contributed by atoms with Crippen LogP contribution >= 0.6 is 0 Å². The molecule has 1 N–H and O–H groups in total. The number of fused-ring (bicyclic) bond motifs is 1. The molecule has 4 aromatic rings. The number of rotatable bonds is 6. The molecule has 0 aliphatic carbocycles. The Kier molecular flexibility index (Phi) is 5.77. The first-order valence-corrected chi connectivity index (χ1v) is 9.97. The van der Waals surface area contributed by atoms with Crippen molar-refractivity contribution in [1.82, 2.24) is 15.5 Å². The first kappa shape index (κ1) is 21.3. The van der Waals surface area contributed by atoms with Gasteiger partial charge in [0.15, 0.2) is 11.5 Å². The topological polar surface area (TPSA) is 86.5 Å². The van der Waals surface area contributed by atoms with Crippen LogP contribution in [0.5, 0.6) is 11.5 Å². The van der Waals surface area contributed by atoms with Crippen molar-refractivity contribution in [3.63, 3.8) is 0 Å². The average Bonchev–Trinajstić information content (AvgIpc) is 3.22. The standard InChI is InChI=1S/C24H22FN3O4/c1-13-11-18(21-22(28-32-24(21)26-13)15-5-8-17(25)9-6-15)23(29)27-14(2)16-7-10-19(30-3)20(12-16)31-4/h5-12,14H,1-4H3,(H,27,29). The van der Waals surface area contributed by atoms with E-state index in [-0.39, 0.29) is 23.5 Å². The first-order valence-electron chi connectivity index (χ1n) is 9.97. The van der Waals surface area contributed by atoms with Gasteiger partial charge in [0.25, 0.3) is 11.6 Å². The number of amides is 1. The minimum Gasteiger partial charge on any atom is -0.493 e. The van der Waals surface area contributed by atoms with Gasteiger partial charge in [0.05, 0.1) is 31.2 Å². The fourth-order valence-electron chi connectivity index (χ4n) is 3.54. The van der Waals surface area contributed by atoms with Crippen LogP contribution in [0.1, 0.15) is 34.6 Å². The predicted octanol–water partition coefficient (Wildman–Crippen LogP) is 4.85. The number of carbonyl (C=O) groups excluding carboxylic acids is 1. The molecule has 0 aliphatic heterocycles. The Hall–Kier alpha value is -3.94. The van der Waals surface area contributed by atoms with Crippen LogP contribution in [0, 0.1) is 12.7 Å². The molecular formula is C24H22FN3O4. The molecule has 2 aromatic heterocycles. The van der Waals surface area contributed by atoms with E-state index in [1.165, 1.54) is 12.1 Å². The van der Waals surface area contributed by atoms with Crippen LogP contribution < -0.4 is 14.8 Å². The molecule has 0 aliphatic rings. The molecular weight excluding hydrogens is 413 g/mol. The fourth-order valence-corrected chi connectivity index (χ4v) is 3.54. The summed E-state index contributed by atoms with van der Waals surface area (Å²) >= 11 is 0. The molecule has 0 spiro atoms. The molecule has 8 heteroatoms. The number of hydrogen-bond donors (Lipinski definition) is 1. The Morgan fingerprint density at radius 3 is 2.47 bits per heavy atom. The number of pyridine rings is 1. The summed E-state index contributed by atoms with van der Waals surface area (Å²) in [6, 6.07) is 12.7. The van der Waals surface area contributed by atoms with E-state index in [1.807, 2.05) is 19.1 Å². The average molecular weight is 435 g/mol. The molecule has 4 rings (SSSR count). The number of methoxy groups -OCH3 is 2. The number of carbonyl (C=O) groups is 1. The van der Waals surface area contributed by atoms with Crippen LogP contribution in [0.15, 0.2) is 53.1 Å². The first-order chi connectivity index (χ1) is 15.4. The maximum atomic E-state index is 13.4. The summed E-state index contributed by atoms with van der Waals surface area (Å²) in [5.74, 6) is 0.507. The van der Waals surface area contributed by atoms with E-state index in [1.54, 1.807) is 45.4 Å². The van der Waals surface area contributed by atoms with Crippen LogP contribution in [-0.4, -0.2) is 30.3 Å². The van der Waals surface area contributed by atoms with Gasteiger partial charge in [-0.1, -0.05) is 11.2 Å². The normalized spacial score (nSPS) is 11.9. The number of halogens is 1. The van der Waals surface area contributed by atoms with Crippen molar-refractivity contribution in [3.8, 4) is 22.8 Å². The van der Waals surface area contributed by atoms with Crippen molar-refractivity contribution >= 4 is 17.0 Å². The Balaban J connectivity index is 1.70. The van der Waals surface area contributed by atoms with Gasteiger partial charge in [-0.05, 0) is 61.9 Å². The predicted molar refractivity (Wildman–Crippen MR) is 117 cm³/mol. The van der Waals surface area contributed by atoms with Gasteiger partial charge >= 0.3 is 0 Å². The van der Waals surface area contributed by atoms with Gasteiger partial charge < -0.3 is 19.3 Å². The van der Waals surface area contributed by atoms with Crippen LogP contribution in [0.4, 0.5) is 4.39 Å². The van der Waals surface area contributed by atoms with Crippen molar-refractivity contribution in [2.75, 3.05) is 14.2 Å². The molecule has 0 radical (unpaired) electrons. The van der Waals surface area contributed by atoms with E-state index >= 15 is 0 Å². The molecule has 1 atom stereocenters. The minimum atomic E-state index is -0.364. The van der Waals surface area contributed by atoms with Gasteiger partial charge in [0.2, 0.25) is 0 Å². The van der Waals surface area contributed by atoms with E-state index in [2.05, 4.69) is 15.5 Å². The molecule has 32 heavy (non-hydrogen) atoms. The summed E-state index contributed by atoms with van der Waals surface area (Å²) in [4.78, 5) is 17.6. The van der Waals surface area contributed by atoms with Crippen molar-refractivity contribution in [3.05, 3.63) is 71.2 Å². The number of aromatic nitrogens is 2. The number of nitrogens with one attached hydrogen (secondary N) is 1. The van der Waals surface area contributed by atoms with Gasteiger partial charge in [-0.15, -0.1) is 0 Å². The van der Waals surface area contributed by atoms with Gasteiger partial charge in [0, 0.05) is 11.3 Å². The smallest absolute Gasteiger partial charge is 0.259 e. The molecule has 2 heterocycles. The van der Waals surface area contributed by atoms with Crippen molar-refractivity contribution in [2.24, 2.45) is 0 Å². The van der Waals surface area contributed by atoms with Gasteiger partial charge in [-0.2, -0.15) is 0 Å². The Morgan fingerprint density at radius 1 is 1.06 bits per heavy atom. The summed E-state index contributed by atoms with van der Waals surface area (Å²) in [6.45, 7) is 3.65. The SMILES string of the molecule is COc1ccc(C(C)NC(=O)c2cc(C)nc3onc(-c4ccc(F)cc4)c23)cc1OC. The van der Waals surface area contributed by atoms with E-state index in [4.69, 9.17) is 14.0 Å². The molecule has 164 valence electrons. The zero-order valence-electron chi connectivity index (χ0n) is 18.1. The highest BCUT2D eigenvalue weighted by molar-refractivity contribution is 6.09. The largest absolute Gasteiger partial charge is 0.493 e. The van der Waals surface area contributed by atoms with Crippen molar-refractivity contribution in [2.45, 2.75) is 19.9 Å². The van der Waals surface area contributed by atoms with Gasteiger partial charge in [-0.25, -0.2) is 9.37 Å². The number of aryl methyl sites for hydroxylation is 1. The van der Waals surface area contributed by atoms with E-state index in [0.29, 0.717) is 39.4 Å². The summed E-state index contributed by atoms with van der Waals surface area (Å²) in [7, 11) is 3.13. The molecule has 0 saturated carbocycles. The lowest BCUT2D eigenvalue weighted by molar-refractivity contribution is 0.0941. The zero-order valence-corrected chi connectivity index (χ0v) is 18.1. The Labute approximate surface area is 184 Å². The monoisotopic (exact) mass is 435 g/mol.